The molecular weight excluding hydrogens is 825 g/mol. The second kappa shape index (κ2) is 21.6. The summed E-state index contributed by atoms with van der Waals surface area (Å²) in [6.07, 6.45) is 4.05. The molecule has 8 nitrogen and oxygen atoms in total. The third-order valence-electron chi connectivity index (χ3n) is 14.0. The lowest BCUT2D eigenvalue weighted by Crippen LogP contribution is -2.67. The fourth-order valence-corrected chi connectivity index (χ4v) is 14.8. The molecule has 1 aliphatic carbocycles. The molecule has 1 fully saturated rings. The van der Waals surface area contributed by atoms with Crippen LogP contribution >= 0.6 is 0 Å². The molecule has 1 aliphatic rings. The van der Waals surface area contributed by atoms with Crippen LogP contribution in [0.5, 0.6) is 0 Å². The van der Waals surface area contributed by atoms with Crippen LogP contribution < -0.4 is 10.4 Å². The summed E-state index contributed by atoms with van der Waals surface area (Å²) in [7, 11) is -2.84. The van der Waals surface area contributed by atoms with Gasteiger partial charge in [-0.3, -0.25) is 9.59 Å². The van der Waals surface area contributed by atoms with E-state index >= 15 is 4.79 Å². The first kappa shape index (κ1) is 49.5. The second-order valence-corrected chi connectivity index (χ2v) is 24.0. The number of aliphatic hydroxyl groups excluding tert-OH is 3. The minimum Gasteiger partial charge on any atom is -0.406 e. The van der Waals surface area contributed by atoms with E-state index in [-0.39, 0.29) is 35.4 Å². The Kier molecular flexibility index (Phi) is 16.5. The summed E-state index contributed by atoms with van der Waals surface area (Å²) in [5.41, 5.74) is 3.38. The van der Waals surface area contributed by atoms with Crippen molar-refractivity contribution in [1.29, 1.82) is 0 Å². The fourth-order valence-electron chi connectivity index (χ4n) is 10.3. The Morgan fingerprint density at radius 2 is 1.29 bits per heavy atom. The van der Waals surface area contributed by atoms with Gasteiger partial charge in [0.25, 0.3) is 20.1 Å². The molecule has 0 saturated heterocycles. The van der Waals surface area contributed by atoms with Gasteiger partial charge in [-0.15, -0.1) is 0 Å². The molecule has 2 unspecified atom stereocenters. The molecule has 9 heteroatoms. The van der Waals surface area contributed by atoms with Gasteiger partial charge in [-0.05, 0) is 104 Å². The third-order valence-corrected chi connectivity index (χ3v) is 19.1. The molecule has 6 rings (SSSR count). The van der Waals surface area contributed by atoms with Crippen molar-refractivity contribution in [1.82, 2.24) is 9.80 Å². The summed E-state index contributed by atoms with van der Waals surface area (Å²) in [6.45, 7) is 15.2. The first-order valence-corrected chi connectivity index (χ1v) is 25.6. The predicted octanol–water partition coefficient (Wildman–Crippen LogP) is 9.00. The van der Waals surface area contributed by atoms with E-state index in [1.54, 1.807) is 4.90 Å². The lowest BCUT2D eigenvalue weighted by Gasteiger charge is -2.45. The van der Waals surface area contributed by atoms with E-state index in [1.807, 2.05) is 93.6 Å². The first-order valence-electron chi connectivity index (χ1n) is 23.7. The number of carbonyl (C=O) groups excluding carboxylic acids is 2. The van der Waals surface area contributed by atoms with Crippen LogP contribution in [0.15, 0.2) is 133 Å². The quantitative estimate of drug-likeness (QED) is 0.0674. The number of rotatable bonds is 20. The van der Waals surface area contributed by atoms with Gasteiger partial charge in [-0.2, -0.15) is 0 Å². The summed E-state index contributed by atoms with van der Waals surface area (Å²) in [5.74, 6) is -0.286. The Morgan fingerprint density at radius 3 is 1.86 bits per heavy atom. The molecule has 2 atom stereocenters. The van der Waals surface area contributed by atoms with Crippen LogP contribution in [0, 0.1) is 6.92 Å². The summed E-state index contributed by atoms with van der Waals surface area (Å²) in [5, 5.41) is 34.4. The molecular formula is C56H72N2O6Si. The van der Waals surface area contributed by atoms with Crippen LogP contribution in [-0.4, -0.2) is 89.3 Å². The third kappa shape index (κ3) is 11.0. The predicted molar refractivity (Wildman–Crippen MR) is 265 cm³/mol. The van der Waals surface area contributed by atoms with Crippen molar-refractivity contribution in [2.45, 2.75) is 128 Å². The van der Waals surface area contributed by atoms with Crippen LogP contribution in [0.2, 0.25) is 5.04 Å². The van der Waals surface area contributed by atoms with E-state index in [1.165, 1.54) is 10.4 Å². The van der Waals surface area contributed by atoms with Gasteiger partial charge >= 0.3 is 0 Å². The number of nitrogens with zero attached hydrogens (tertiary/aromatic N) is 2. The highest BCUT2D eigenvalue weighted by atomic mass is 28.4. The van der Waals surface area contributed by atoms with Gasteiger partial charge in [0, 0.05) is 23.2 Å². The lowest BCUT2D eigenvalue weighted by molar-refractivity contribution is 0.0180. The number of benzene rings is 5. The summed E-state index contributed by atoms with van der Waals surface area (Å²) in [6, 6.07) is 44.5. The lowest BCUT2D eigenvalue weighted by atomic mass is 9.89. The number of amides is 2. The zero-order valence-electron chi connectivity index (χ0n) is 39.8. The summed E-state index contributed by atoms with van der Waals surface area (Å²) >= 11 is 0. The average molecular weight is 897 g/mol. The molecule has 0 aromatic heterocycles. The maximum Gasteiger partial charge on any atom is 0.261 e. The number of hydrogen-bond acceptors (Lipinski definition) is 6. The molecule has 5 aromatic carbocycles. The van der Waals surface area contributed by atoms with E-state index in [9.17, 15) is 20.1 Å². The van der Waals surface area contributed by atoms with Gasteiger partial charge in [0.2, 0.25) is 0 Å². The minimum absolute atomic E-state index is 0.00231. The highest BCUT2D eigenvalue weighted by Gasteiger charge is 2.50. The topological polar surface area (TPSA) is 111 Å². The van der Waals surface area contributed by atoms with Crippen molar-refractivity contribution in [2.75, 3.05) is 26.3 Å². The summed E-state index contributed by atoms with van der Waals surface area (Å²) in [4.78, 5) is 33.6. The molecule has 0 radical (unpaired) electrons. The molecule has 5 aromatic rings. The number of aryl methyl sites for hydroxylation is 2. The monoisotopic (exact) mass is 897 g/mol. The van der Waals surface area contributed by atoms with E-state index in [2.05, 4.69) is 93.3 Å². The fraction of sp³-hybridized carbons (Fsp3) is 0.429. The van der Waals surface area contributed by atoms with Gasteiger partial charge in [-0.1, -0.05) is 167 Å². The Bertz CT molecular complexity index is 2270. The Hall–Kier alpha value is -4.90. The zero-order valence-corrected chi connectivity index (χ0v) is 40.8. The number of aliphatic hydroxyl groups is 3. The molecule has 0 heterocycles. The van der Waals surface area contributed by atoms with Crippen LogP contribution in [-0.2, 0) is 22.8 Å². The van der Waals surface area contributed by atoms with Crippen molar-refractivity contribution in [3.8, 4) is 0 Å². The van der Waals surface area contributed by atoms with Gasteiger partial charge in [-0.25, -0.2) is 0 Å². The molecule has 346 valence electrons. The van der Waals surface area contributed by atoms with Crippen LogP contribution in [0.25, 0.3) is 0 Å². The van der Waals surface area contributed by atoms with Crippen molar-refractivity contribution in [3.05, 3.63) is 167 Å². The van der Waals surface area contributed by atoms with Crippen molar-refractivity contribution < 1.29 is 29.3 Å². The van der Waals surface area contributed by atoms with Crippen molar-refractivity contribution >= 4 is 30.5 Å². The second-order valence-electron chi connectivity index (χ2n) is 19.6. The maximum absolute atomic E-state index is 15.2. The molecule has 0 bridgehead atoms. The van der Waals surface area contributed by atoms with E-state index < -0.39 is 32.7 Å². The Labute approximate surface area is 389 Å². The van der Waals surface area contributed by atoms with Crippen LogP contribution in [0.4, 0.5) is 0 Å². The largest absolute Gasteiger partial charge is 0.406 e. The number of carbonyl (C=O) groups is 2. The normalized spacial score (nSPS) is 15.0. The van der Waals surface area contributed by atoms with Crippen molar-refractivity contribution in [2.24, 2.45) is 0 Å². The summed E-state index contributed by atoms with van der Waals surface area (Å²) < 4.78 is 7.37. The van der Waals surface area contributed by atoms with E-state index in [0.29, 0.717) is 42.7 Å². The molecule has 0 spiro atoms. The molecule has 65 heavy (non-hydrogen) atoms. The Balaban J connectivity index is 1.24. The van der Waals surface area contributed by atoms with Crippen molar-refractivity contribution in [3.63, 3.8) is 0 Å². The highest BCUT2D eigenvalue weighted by molar-refractivity contribution is 6.99. The van der Waals surface area contributed by atoms with E-state index in [4.69, 9.17) is 4.43 Å². The highest BCUT2D eigenvalue weighted by Crippen LogP contribution is 2.41. The SMILES string of the molecule is CCC1(N(CCO[Si](c2ccccc2)(c2ccccc2)C(C)(C)C)C(=O)c2ccccc2CCC(O)Cc2ccc(C)cc2C(=O)N(CC(O)CO)C(C)(C)c2ccccc2)CCCC1. The molecule has 2 amide bonds. The van der Waals surface area contributed by atoms with E-state index in [0.717, 1.165) is 48.8 Å². The van der Waals surface area contributed by atoms with Gasteiger partial charge in [0.05, 0.1) is 37.5 Å². The molecule has 0 aliphatic heterocycles. The van der Waals surface area contributed by atoms with Gasteiger partial charge in [0.15, 0.2) is 0 Å². The van der Waals surface area contributed by atoms with Crippen LogP contribution in [0.3, 0.4) is 0 Å². The standard InChI is InChI=1S/C56H72N2O6Si/c1-8-56(34-20-21-35-56)57(36-37-64-65(54(3,4)5,48-25-14-10-15-26-48)49-27-16-11-17-28-49)52(62)50-29-19-18-22-43(50)32-33-46(60)39-44-31-30-42(2)38-51(44)53(63)58(40-47(61)41-59)55(6,7)45-23-12-9-13-24-45/h9-19,22-31,38,46-47,59-61H,8,20-21,32-37,39-41H2,1-7H3. The van der Waals surface area contributed by atoms with Gasteiger partial charge in [0.1, 0.15) is 0 Å². The van der Waals surface area contributed by atoms with Gasteiger partial charge < -0.3 is 29.5 Å². The molecule has 3 N–H and O–H groups in total. The minimum atomic E-state index is -2.84. The molecule has 1 saturated carbocycles. The average Bonchev–Trinajstić information content (AvgIpc) is 3.81. The smallest absolute Gasteiger partial charge is 0.261 e. The maximum atomic E-state index is 15.2. The first-order chi connectivity index (χ1) is 31.1. The zero-order chi connectivity index (χ0) is 46.8. The van der Waals surface area contributed by atoms with Crippen LogP contribution in [0.1, 0.15) is 123 Å². The Morgan fingerprint density at radius 1 is 0.723 bits per heavy atom. The number of hydrogen-bond donors (Lipinski definition) is 3.